The van der Waals surface area contributed by atoms with E-state index >= 15 is 0 Å². The number of hydrogen-bond acceptors (Lipinski definition) is 6. The van der Waals surface area contributed by atoms with E-state index in [4.69, 9.17) is 9.47 Å². The van der Waals surface area contributed by atoms with Crippen LogP contribution in [-0.2, 0) is 38.6 Å². The van der Waals surface area contributed by atoms with Gasteiger partial charge in [-0.15, -0.1) is 0 Å². The average Bonchev–Trinajstić information content (AvgIpc) is 3.10. The SMILES string of the molecule is COc1ccc(CC(=O)N[C@H]2CC(=O)N3CCCC(CCOc4ccc(C)c(c4)CNC(=O)[C@H](CCc4ccccc4)NC2=O)C3)cc1. The fourth-order valence-corrected chi connectivity index (χ4v) is 6.29. The Hall–Kier alpha value is -4.86. The number of amides is 4. The molecule has 4 bridgehead atoms. The number of rotatable bonds is 7. The van der Waals surface area contributed by atoms with Crippen LogP contribution in [0.25, 0.3) is 0 Å². The number of piperidine rings is 1. The van der Waals surface area contributed by atoms with Gasteiger partial charge in [0.2, 0.25) is 23.6 Å². The van der Waals surface area contributed by atoms with Crippen LogP contribution in [0, 0.1) is 12.8 Å². The largest absolute Gasteiger partial charge is 0.497 e. The highest BCUT2D eigenvalue weighted by atomic mass is 16.5. The fraction of sp³-hybridized carbons (Fsp3) is 0.421. The molecule has 2 aliphatic heterocycles. The molecule has 3 N–H and O–H groups in total. The van der Waals surface area contributed by atoms with E-state index in [1.54, 1.807) is 36.3 Å². The Balaban J connectivity index is 1.39. The molecule has 2 heterocycles. The molecular formula is C38H46N4O6. The molecule has 0 aromatic heterocycles. The lowest BCUT2D eigenvalue weighted by Crippen LogP contribution is -2.55. The first-order valence-corrected chi connectivity index (χ1v) is 16.8. The molecule has 0 aliphatic carbocycles. The van der Waals surface area contributed by atoms with Crippen molar-refractivity contribution in [2.75, 3.05) is 26.8 Å². The zero-order valence-corrected chi connectivity index (χ0v) is 27.8. The van der Waals surface area contributed by atoms with Gasteiger partial charge in [-0.25, -0.2) is 0 Å². The van der Waals surface area contributed by atoms with Crippen LogP contribution in [0.3, 0.4) is 0 Å². The predicted octanol–water partition coefficient (Wildman–Crippen LogP) is 3.88. The van der Waals surface area contributed by atoms with Crippen LogP contribution in [0.15, 0.2) is 72.8 Å². The number of carbonyl (C=O) groups is 4. The minimum Gasteiger partial charge on any atom is -0.497 e. The van der Waals surface area contributed by atoms with E-state index in [-0.39, 0.29) is 37.1 Å². The highest BCUT2D eigenvalue weighted by Gasteiger charge is 2.32. The molecular weight excluding hydrogens is 608 g/mol. The Bertz CT molecular complexity index is 1560. The summed E-state index contributed by atoms with van der Waals surface area (Å²) < 4.78 is 11.3. The number of nitrogens with one attached hydrogen (secondary N) is 3. The topological polar surface area (TPSA) is 126 Å². The predicted molar refractivity (Wildman–Crippen MR) is 182 cm³/mol. The lowest BCUT2D eigenvalue weighted by Gasteiger charge is -2.34. The molecule has 3 atom stereocenters. The van der Waals surface area contributed by atoms with Crippen molar-refractivity contribution < 1.29 is 28.7 Å². The summed E-state index contributed by atoms with van der Waals surface area (Å²) in [5.74, 6) is 0.147. The summed E-state index contributed by atoms with van der Waals surface area (Å²) in [6, 6.07) is 20.6. The second-order valence-corrected chi connectivity index (χ2v) is 12.7. The van der Waals surface area contributed by atoms with Crippen LogP contribution in [-0.4, -0.2) is 67.4 Å². The van der Waals surface area contributed by atoms with Crippen LogP contribution in [0.5, 0.6) is 11.5 Å². The molecule has 10 heteroatoms. The fourth-order valence-electron chi connectivity index (χ4n) is 6.29. The molecule has 10 nitrogen and oxygen atoms in total. The van der Waals surface area contributed by atoms with Crippen molar-refractivity contribution in [3.05, 3.63) is 95.1 Å². The van der Waals surface area contributed by atoms with Crippen LogP contribution in [0.4, 0.5) is 0 Å². The molecule has 2 aliphatic rings. The van der Waals surface area contributed by atoms with Crippen molar-refractivity contribution >= 4 is 23.6 Å². The van der Waals surface area contributed by atoms with Gasteiger partial charge >= 0.3 is 0 Å². The third-order valence-electron chi connectivity index (χ3n) is 9.19. The Kier molecular flexibility index (Phi) is 12.1. The molecule has 3 aromatic carbocycles. The summed E-state index contributed by atoms with van der Waals surface area (Å²) in [7, 11) is 1.57. The number of methoxy groups -OCH3 is 1. The standard InChI is InChI=1S/C38H46N4O6/c1-26-10-14-32-22-30(26)24-39-37(45)33(17-13-27-7-4-3-5-8-27)41-38(46)34(40-35(43)21-28-11-15-31(47-2)16-12-28)23-36(44)42-19-6-9-29(25-42)18-20-48-32/h3-5,7-8,10-12,14-16,22,29,33-34H,6,9,13,17-21,23-25H2,1-2H3,(H,39,45)(H,40,43)(H,41,46)/t29?,33-,34-/m0/s1. The Morgan fingerprint density at radius 3 is 2.54 bits per heavy atom. The van der Waals surface area contributed by atoms with Crippen molar-refractivity contribution in [2.24, 2.45) is 5.92 Å². The summed E-state index contributed by atoms with van der Waals surface area (Å²) in [6.07, 6.45) is 3.32. The first-order chi connectivity index (χ1) is 23.3. The van der Waals surface area contributed by atoms with Gasteiger partial charge in [-0.05, 0) is 91.5 Å². The number of nitrogens with zero attached hydrogens (tertiary/aromatic N) is 1. The number of carbonyl (C=O) groups excluding carboxylic acids is 4. The van der Waals surface area contributed by atoms with E-state index < -0.39 is 23.9 Å². The van der Waals surface area contributed by atoms with Gasteiger partial charge in [0.1, 0.15) is 23.6 Å². The van der Waals surface area contributed by atoms with E-state index in [0.29, 0.717) is 38.3 Å². The van der Waals surface area contributed by atoms with Crippen molar-refractivity contribution in [3.8, 4) is 11.5 Å². The number of ether oxygens (including phenoxy) is 2. The van der Waals surface area contributed by atoms with Crippen LogP contribution in [0.1, 0.15) is 54.4 Å². The van der Waals surface area contributed by atoms with E-state index in [9.17, 15) is 19.2 Å². The first kappa shape index (κ1) is 34.5. The second kappa shape index (κ2) is 16.8. The monoisotopic (exact) mass is 654 g/mol. The summed E-state index contributed by atoms with van der Waals surface area (Å²) in [5.41, 5.74) is 3.70. The highest BCUT2D eigenvalue weighted by molar-refractivity contribution is 5.95. The zero-order chi connectivity index (χ0) is 33.9. The van der Waals surface area contributed by atoms with Crippen LogP contribution >= 0.6 is 0 Å². The normalized spacial score (nSPS) is 20.8. The molecule has 0 spiro atoms. The van der Waals surface area contributed by atoms with Gasteiger partial charge in [0.15, 0.2) is 0 Å². The first-order valence-electron chi connectivity index (χ1n) is 16.8. The van der Waals surface area contributed by atoms with Crippen molar-refractivity contribution in [2.45, 2.75) is 70.5 Å². The van der Waals surface area contributed by atoms with Crippen LogP contribution < -0.4 is 25.4 Å². The molecule has 0 saturated carbocycles. The summed E-state index contributed by atoms with van der Waals surface area (Å²) in [6.45, 7) is 3.91. The quantitative estimate of drug-likeness (QED) is 0.355. The molecule has 1 saturated heterocycles. The molecule has 254 valence electrons. The van der Waals surface area contributed by atoms with Gasteiger partial charge in [0.25, 0.3) is 0 Å². The third kappa shape index (κ3) is 9.82. The van der Waals surface area contributed by atoms with E-state index in [0.717, 1.165) is 47.3 Å². The maximum absolute atomic E-state index is 14.0. The molecule has 48 heavy (non-hydrogen) atoms. The van der Waals surface area contributed by atoms with Crippen molar-refractivity contribution in [1.29, 1.82) is 0 Å². The van der Waals surface area contributed by atoms with Gasteiger partial charge < -0.3 is 30.3 Å². The Labute approximate surface area is 282 Å². The number of benzene rings is 3. The average molecular weight is 655 g/mol. The van der Waals surface area contributed by atoms with E-state index in [2.05, 4.69) is 16.0 Å². The number of aryl methyl sites for hydroxylation is 2. The van der Waals surface area contributed by atoms with E-state index in [1.165, 1.54) is 0 Å². The molecule has 3 aromatic rings. The number of hydrogen-bond donors (Lipinski definition) is 3. The summed E-state index contributed by atoms with van der Waals surface area (Å²) in [4.78, 5) is 56.3. The van der Waals surface area contributed by atoms with Crippen molar-refractivity contribution in [3.63, 3.8) is 0 Å². The minimum absolute atomic E-state index is 0.0179. The molecule has 1 unspecified atom stereocenters. The van der Waals surface area contributed by atoms with Gasteiger partial charge in [-0.3, -0.25) is 19.2 Å². The summed E-state index contributed by atoms with van der Waals surface area (Å²) in [5, 5.41) is 8.71. The third-order valence-corrected chi connectivity index (χ3v) is 9.19. The molecule has 0 radical (unpaired) electrons. The number of fused-ring (bicyclic) bond motifs is 4. The molecule has 4 amide bonds. The highest BCUT2D eigenvalue weighted by Crippen LogP contribution is 2.23. The van der Waals surface area contributed by atoms with Gasteiger partial charge in [0, 0.05) is 19.6 Å². The van der Waals surface area contributed by atoms with Gasteiger partial charge in [-0.2, -0.15) is 0 Å². The zero-order valence-electron chi connectivity index (χ0n) is 27.8. The maximum atomic E-state index is 14.0. The Morgan fingerprint density at radius 1 is 0.979 bits per heavy atom. The molecule has 5 rings (SSSR count). The second-order valence-electron chi connectivity index (χ2n) is 12.7. The van der Waals surface area contributed by atoms with Crippen molar-refractivity contribution in [1.82, 2.24) is 20.9 Å². The lowest BCUT2D eigenvalue weighted by atomic mass is 9.94. The minimum atomic E-state index is -1.16. The molecule has 1 fully saturated rings. The van der Waals surface area contributed by atoms with Crippen LogP contribution in [0.2, 0.25) is 0 Å². The smallest absolute Gasteiger partial charge is 0.243 e. The maximum Gasteiger partial charge on any atom is 0.243 e. The Morgan fingerprint density at radius 2 is 1.77 bits per heavy atom. The van der Waals surface area contributed by atoms with Gasteiger partial charge in [0.05, 0.1) is 26.6 Å². The van der Waals surface area contributed by atoms with Gasteiger partial charge in [-0.1, -0.05) is 48.5 Å². The summed E-state index contributed by atoms with van der Waals surface area (Å²) >= 11 is 0. The van der Waals surface area contributed by atoms with E-state index in [1.807, 2.05) is 55.5 Å². The lowest BCUT2D eigenvalue weighted by molar-refractivity contribution is -0.138.